The third kappa shape index (κ3) is 8.14. The lowest BCUT2D eigenvalue weighted by Gasteiger charge is -2.35. The van der Waals surface area contributed by atoms with Crippen molar-refractivity contribution in [3.63, 3.8) is 0 Å². The topological polar surface area (TPSA) is 101 Å². The molecule has 8 nitrogen and oxygen atoms in total. The molecule has 1 aliphatic rings. The van der Waals surface area contributed by atoms with Gasteiger partial charge in [0, 0.05) is 30.2 Å². The number of para-hydroxylation sites is 1. The summed E-state index contributed by atoms with van der Waals surface area (Å²) in [4.78, 5) is 20.2. The second kappa shape index (κ2) is 13.1. The molecule has 1 aliphatic heterocycles. The average Bonchev–Trinajstić information content (AvgIpc) is 2.96. The normalized spacial score (nSPS) is 15.1. The van der Waals surface area contributed by atoms with Crippen molar-refractivity contribution in [3.05, 3.63) is 114 Å². The van der Waals surface area contributed by atoms with E-state index in [4.69, 9.17) is 4.74 Å². The lowest BCUT2D eigenvalue weighted by Crippen LogP contribution is -2.38. The van der Waals surface area contributed by atoms with E-state index >= 15 is 0 Å². The lowest BCUT2D eigenvalue weighted by molar-refractivity contribution is -0.119. The number of likely N-dealkylation sites (tertiary alicyclic amines) is 1. The molecule has 0 aliphatic carbocycles. The molecule has 3 aromatic carbocycles. The number of rotatable bonds is 10. The molecule has 0 spiro atoms. The number of piperidine rings is 1. The lowest BCUT2D eigenvalue weighted by atomic mass is 9.79. The van der Waals surface area contributed by atoms with Crippen molar-refractivity contribution >= 4 is 27.3 Å². The van der Waals surface area contributed by atoms with Crippen LogP contribution < -0.4 is 14.8 Å². The van der Waals surface area contributed by atoms with Gasteiger partial charge in [-0.1, -0.05) is 36.4 Å². The molecule has 0 saturated carbocycles. The third-order valence-corrected chi connectivity index (χ3v) is 7.83. The Morgan fingerprint density at radius 3 is 2.36 bits per heavy atom. The van der Waals surface area contributed by atoms with Crippen molar-refractivity contribution in [1.82, 2.24) is 9.88 Å². The Labute approximate surface area is 245 Å². The molecule has 1 amide bonds. The van der Waals surface area contributed by atoms with Crippen molar-refractivity contribution in [2.24, 2.45) is 5.92 Å². The summed E-state index contributed by atoms with van der Waals surface area (Å²) in [6, 6.07) is 26.1. The molecule has 0 radical (unpaired) electrons. The van der Waals surface area contributed by atoms with Crippen LogP contribution in [0.1, 0.15) is 29.9 Å². The number of pyridine rings is 1. The molecule has 2 N–H and O–H groups in total. The zero-order valence-electron chi connectivity index (χ0n) is 23.2. The Morgan fingerprint density at radius 1 is 0.976 bits per heavy atom. The smallest absolute Gasteiger partial charge is 0.232 e. The van der Waals surface area contributed by atoms with Gasteiger partial charge in [0.15, 0.2) is 0 Å². The number of nitrogens with zero attached hydrogens (tertiary/aromatic N) is 2. The summed E-state index contributed by atoms with van der Waals surface area (Å²) in [6.07, 6.45) is 4.49. The summed E-state index contributed by atoms with van der Waals surface area (Å²) >= 11 is 0. The van der Waals surface area contributed by atoms with Crippen LogP contribution >= 0.6 is 0 Å². The molecule has 1 saturated heterocycles. The molecule has 0 bridgehead atoms. The average molecular weight is 589 g/mol. The van der Waals surface area contributed by atoms with E-state index in [9.17, 15) is 17.6 Å². The highest BCUT2D eigenvalue weighted by Gasteiger charge is 2.33. The second-order valence-electron chi connectivity index (χ2n) is 10.5. The van der Waals surface area contributed by atoms with Crippen LogP contribution in [-0.2, 0) is 21.4 Å². The zero-order valence-corrected chi connectivity index (χ0v) is 24.1. The van der Waals surface area contributed by atoms with Crippen LogP contribution in [0.25, 0.3) is 0 Å². The van der Waals surface area contributed by atoms with Gasteiger partial charge in [-0.25, -0.2) is 17.8 Å². The molecular weight excluding hydrogens is 555 g/mol. The van der Waals surface area contributed by atoms with Gasteiger partial charge in [-0.15, -0.1) is 0 Å². The number of hydrogen-bond donors (Lipinski definition) is 2. The van der Waals surface area contributed by atoms with E-state index in [1.165, 1.54) is 12.1 Å². The minimum Gasteiger partial charge on any atom is -0.439 e. The minimum absolute atomic E-state index is 0.0830. The summed E-state index contributed by atoms with van der Waals surface area (Å²) < 4.78 is 45.1. The Morgan fingerprint density at radius 2 is 1.71 bits per heavy atom. The van der Waals surface area contributed by atoms with E-state index in [0.717, 1.165) is 43.4 Å². The highest BCUT2D eigenvalue weighted by atomic mass is 32.2. The maximum absolute atomic E-state index is 14.1. The number of carbonyl (C=O) groups excluding carboxylic acids is 1. The molecule has 218 valence electrons. The van der Waals surface area contributed by atoms with E-state index in [1.807, 2.05) is 42.5 Å². The second-order valence-corrected chi connectivity index (χ2v) is 12.3. The number of benzene rings is 3. The van der Waals surface area contributed by atoms with E-state index in [2.05, 4.69) is 19.9 Å². The van der Waals surface area contributed by atoms with Gasteiger partial charge in [0.2, 0.25) is 21.8 Å². The number of carbonyl (C=O) groups is 1. The number of hydrogen-bond acceptors (Lipinski definition) is 6. The van der Waals surface area contributed by atoms with Gasteiger partial charge in [0.1, 0.15) is 11.6 Å². The van der Waals surface area contributed by atoms with Crippen LogP contribution in [-0.4, -0.2) is 43.6 Å². The highest BCUT2D eigenvalue weighted by Crippen LogP contribution is 2.35. The largest absolute Gasteiger partial charge is 0.439 e. The third-order valence-electron chi connectivity index (χ3n) is 7.22. The van der Waals surface area contributed by atoms with Crippen molar-refractivity contribution in [2.45, 2.75) is 25.3 Å². The van der Waals surface area contributed by atoms with Crippen LogP contribution in [0.3, 0.4) is 0 Å². The number of aromatic nitrogens is 1. The van der Waals surface area contributed by atoms with Crippen LogP contribution in [0, 0.1) is 11.7 Å². The van der Waals surface area contributed by atoms with E-state index in [1.54, 1.807) is 42.6 Å². The molecule has 1 fully saturated rings. The number of ether oxygens (including phenoxy) is 1. The summed E-state index contributed by atoms with van der Waals surface area (Å²) in [5.41, 5.74) is 2.92. The predicted octanol–water partition coefficient (Wildman–Crippen LogP) is 6.02. The molecule has 1 unspecified atom stereocenters. The molecular formula is C32H33FN4O4S. The predicted molar refractivity (Wildman–Crippen MR) is 161 cm³/mol. The Bertz CT molecular complexity index is 1590. The van der Waals surface area contributed by atoms with Gasteiger partial charge in [0.05, 0.1) is 12.2 Å². The standard InChI is InChI=1S/C32H33FN4O4S/c1-42(39,40)36-28-11-13-29(14-12-28)41-30-15-10-23(21-34-30)22-37-18-16-24(17-19-37)31(25-6-5-7-26(33)20-25)32(38)35-27-8-3-2-4-9-27/h2-15,20-21,24,31,36H,16-19,22H2,1H3,(H,35,38). The number of nitrogens with one attached hydrogen (secondary N) is 2. The van der Waals surface area contributed by atoms with Gasteiger partial charge < -0.3 is 10.1 Å². The van der Waals surface area contributed by atoms with Gasteiger partial charge >= 0.3 is 0 Å². The van der Waals surface area contributed by atoms with Gasteiger partial charge in [0.25, 0.3) is 0 Å². The van der Waals surface area contributed by atoms with Crippen molar-refractivity contribution in [3.8, 4) is 11.6 Å². The number of sulfonamides is 1. The fourth-order valence-electron chi connectivity index (χ4n) is 5.27. The molecule has 1 aromatic heterocycles. The molecule has 5 rings (SSSR count). The summed E-state index contributed by atoms with van der Waals surface area (Å²) in [6.45, 7) is 2.33. The Balaban J connectivity index is 1.17. The van der Waals surface area contributed by atoms with Gasteiger partial charge in [-0.05, 0) is 91.5 Å². The Kier molecular flexibility index (Phi) is 9.14. The fraction of sp³-hybridized carbons (Fsp3) is 0.250. The summed E-state index contributed by atoms with van der Waals surface area (Å²) in [5.74, 6) is 0.149. The van der Waals surface area contributed by atoms with Gasteiger partial charge in [-0.2, -0.15) is 0 Å². The van der Waals surface area contributed by atoms with Crippen LogP contribution in [0.4, 0.5) is 15.8 Å². The van der Waals surface area contributed by atoms with E-state index in [-0.39, 0.29) is 17.6 Å². The number of amides is 1. The fourth-order valence-corrected chi connectivity index (χ4v) is 5.84. The molecule has 2 heterocycles. The van der Waals surface area contributed by atoms with Gasteiger partial charge in [-0.3, -0.25) is 14.4 Å². The zero-order chi connectivity index (χ0) is 29.5. The van der Waals surface area contributed by atoms with Crippen LogP contribution in [0.5, 0.6) is 11.6 Å². The number of anilines is 2. The Hall–Kier alpha value is -4.28. The van der Waals surface area contributed by atoms with E-state index in [0.29, 0.717) is 29.4 Å². The van der Waals surface area contributed by atoms with Crippen molar-refractivity contribution in [2.75, 3.05) is 29.4 Å². The molecule has 1 atom stereocenters. The maximum Gasteiger partial charge on any atom is 0.232 e. The molecule has 4 aromatic rings. The van der Waals surface area contributed by atoms with Crippen molar-refractivity contribution < 1.29 is 22.3 Å². The first-order chi connectivity index (χ1) is 20.2. The highest BCUT2D eigenvalue weighted by molar-refractivity contribution is 7.92. The first-order valence-electron chi connectivity index (χ1n) is 13.8. The quantitative estimate of drug-likeness (QED) is 0.235. The number of halogens is 1. The first kappa shape index (κ1) is 29.2. The molecule has 42 heavy (non-hydrogen) atoms. The summed E-state index contributed by atoms with van der Waals surface area (Å²) in [7, 11) is -3.34. The van der Waals surface area contributed by atoms with Crippen LogP contribution in [0.15, 0.2) is 97.2 Å². The monoisotopic (exact) mass is 588 g/mol. The van der Waals surface area contributed by atoms with E-state index < -0.39 is 15.9 Å². The van der Waals surface area contributed by atoms with Crippen molar-refractivity contribution in [1.29, 1.82) is 0 Å². The summed E-state index contributed by atoms with van der Waals surface area (Å²) in [5, 5.41) is 3.02. The molecule has 10 heteroatoms. The van der Waals surface area contributed by atoms with Crippen LogP contribution in [0.2, 0.25) is 0 Å². The first-order valence-corrected chi connectivity index (χ1v) is 15.7. The minimum atomic E-state index is -3.34. The maximum atomic E-state index is 14.1. The SMILES string of the molecule is CS(=O)(=O)Nc1ccc(Oc2ccc(CN3CCC(C(C(=O)Nc4ccccc4)c4cccc(F)c4)CC3)cn2)cc1.